The van der Waals surface area contributed by atoms with E-state index >= 15 is 0 Å². The lowest BCUT2D eigenvalue weighted by molar-refractivity contribution is 0.0576. The van der Waals surface area contributed by atoms with Crippen LogP contribution in [-0.2, 0) is 5.41 Å². The Balaban J connectivity index is 1.94. The van der Waals surface area contributed by atoms with Crippen LogP contribution in [0.2, 0.25) is 0 Å². The highest BCUT2D eigenvalue weighted by molar-refractivity contribution is 5.46. The monoisotopic (exact) mass is 247 g/mol. The minimum atomic E-state index is 0.142. The average molecular weight is 247 g/mol. The van der Waals surface area contributed by atoms with Crippen molar-refractivity contribution in [3.63, 3.8) is 0 Å². The third-order valence-electron chi connectivity index (χ3n) is 4.17. The molecule has 1 fully saturated rings. The van der Waals surface area contributed by atoms with Gasteiger partial charge in [0.1, 0.15) is 0 Å². The molecule has 0 amide bonds. The van der Waals surface area contributed by atoms with Gasteiger partial charge in [-0.25, -0.2) is 0 Å². The number of aliphatic hydroxyl groups excluding tert-OH is 1. The number of rotatable bonds is 4. The van der Waals surface area contributed by atoms with Crippen LogP contribution in [0.3, 0.4) is 0 Å². The van der Waals surface area contributed by atoms with E-state index in [2.05, 4.69) is 50.4 Å². The summed E-state index contributed by atoms with van der Waals surface area (Å²) in [6.45, 7) is 7.87. The lowest BCUT2D eigenvalue weighted by Gasteiger charge is -2.40. The number of aliphatic hydroxyl groups is 1. The molecule has 1 aliphatic rings. The number of benzene rings is 1. The van der Waals surface area contributed by atoms with Crippen LogP contribution < -0.4 is 5.32 Å². The van der Waals surface area contributed by atoms with Gasteiger partial charge in [-0.15, -0.1) is 0 Å². The zero-order chi connectivity index (χ0) is 13.2. The van der Waals surface area contributed by atoms with E-state index in [1.54, 1.807) is 0 Å². The van der Waals surface area contributed by atoms with Crippen LogP contribution in [0.25, 0.3) is 0 Å². The smallest absolute Gasteiger partial charge is 0.0504 e. The van der Waals surface area contributed by atoms with E-state index in [9.17, 15) is 5.11 Å². The molecule has 0 atom stereocenters. The number of hydrogen-bond acceptors (Lipinski definition) is 2. The minimum absolute atomic E-state index is 0.142. The number of anilines is 1. The molecule has 0 aliphatic heterocycles. The maximum absolute atomic E-state index is 9.43. The zero-order valence-electron chi connectivity index (χ0n) is 11.8. The van der Waals surface area contributed by atoms with E-state index in [0.29, 0.717) is 6.61 Å². The van der Waals surface area contributed by atoms with Gasteiger partial charge in [0.15, 0.2) is 0 Å². The van der Waals surface area contributed by atoms with Crippen LogP contribution in [0.1, 0.15) is 45.6 Å². The van der Waals surface area contributed by atoms with Gasteiger partial charge in [-0.1, -0.05) is 39.3 Å². The van der Waals surface area contributed by atoms with Gasteiger partial charge in [-0.2, -0.15) is 0 Å². The highest BCUT2D eigenvalue weighted by Gasteiger charge is 2.35. The lowest BCUT2D eigenvalue weighted by atomic mass is 9.69. The van der Waals surface area contributed by atoms with Gasteiger partial charge >= 0.3 is 0 Å². The normalized spacial score (nSPS) is 18.2. The second-order valence-electron chi connectivity index (χ2n) is 6.69. The van der Waals surface area contributed by atoms with Crippen molar-refractivity contribution in [3.8, 4) is 0 Å². The summed E-state index contributed by atoms with van der Waals surface area (Å²) in [6, 6.07) is 8.66. The molecule has 0 aromatic heterocycles. The van der Waals surface area contributed by atoms with Gasteiger partial charge < -0.3 is 10.4 Å². The summed E-state index contributed by atoms with van der Waals surface area (Å²) in [7, 11) is 0. The molecule has 2 rings (SSSR count). The van der Waals surface area contributed by atoms with E-state index < -0.39 is 0 Å². The first-order chi connectivity index (χ1) is 8.45. The molecule has 0 bridgehead atoms. The fourth-order valence-corrected chi connectivity index (χ4v) is 2.45. The number of hydrogen-bond donors (Lipinski definition) is 2. The minimum Gasteiger partial charge on any atom is -0.396 e. The van der Waals surface area contributed by atoms with Crippen LogP contribution in [0.4, 0.5) is 5.69 Å². The van der Waals surface area contributed by atoms with Gasteiger partial charge in [-0.05, 0) is 36.0 Å². The van der Waals surface area contributed by atoms with Crippen molar-refractivity contribution in [1.82, 2.24) is 0 Å². The molecule has 100 valence electrons. The molecule has 1 aromatic carbocycles. The van der Waals surface area contributed by atoms with Crippen molar-refractivity contribution in [1.29, 1.82) is 0 Å². The van der Waals surface area contributed by atoms with Crippen molar-refractivity contribution in [2.45, 2.75) is 45.4 Å². The van der Waals surface area contributed by atoms with Crippen LogP contribution in [-0.4, -0.2) is 18.3 Å². The summed E-state index contributed by atoms with van der Waals surface area (Å²) in [4.78, 5) is 0. The lowest BCUT2D eigenvalue weighted by Crippen LogP contribution is -2.39. The van der Waals surface area contributed by atoms with Crippen molar-refractivity contribution in [2.75, 3.05) is 18.5 Å². The molecule has 0 radical (unpaired) electrons. The third-order valence-corrected chi connectivity index (χ3v) is 4.17. The van der Waals surface area contributed by atoms with E-state index in [0.717, 1.165) is 25.1 Å². The van der Waals surface area contributed by atoms with Crippen LogP contribution >= 0.6 is 0 Å². The third kappa shape index (κ3) is 2.86. The topological polar surface area (TPSA) is 32.3 Å². The Labute approximate surface area is 110 Å². The average Bonchev–Trinajstić information content (AvgIpc) is 2.28. The van der Waals surface area contributed by atoms with Crippen molar-refractivity contribution < 1.29 is 5.11 Å². The van der Waals surface area contributed by atoms with Crippen LogP contribution in [0.15, 0.2) is 24.3 Å². The van der Waals surface area contributed by atoms with Gasteiger partial charge in [0.05, 0.1) is 6.61 Å². The largest absolute Gasteiger partial charge is 0.396 e. The molecular weight excluding hydrogens is 222 g/mol. The molecule has 1 saturated carbocycles. The van der Waals surface area contributed by atoms with E-state index in [-0.39, 0.29) is 10.8 Å². The van der Waals surface area contributed by atoms with E-state index in [1.165, 1.54) is 12.0 Å². The molecule has 0 unspecified atom stereocenters. The maximum Gasteiger partial charge on any atom is 0.0504 e. The van der Waals surface area contributed by atoms with Crippen LogP contribution in [0, 0.1) is 5.41 Å². The van der Waals surface area contributed by atoms with E-state index in [4.69, 9.17) is 0 Å². The van der Waals surface area contributed by atoms with Crippen molar-refractivity contribution in [3.05, 3.63) is 29.8 Å². The Morgan fingerprint density at radius 2 is 1.78 bits per heavy atom. The molecule has 2 nitrogen and oxygen atoms in total. The van der Waals surface area contributed by atoms with Gasteiger partial charge in [0, 0.05) is 17.6 Å². The molecule has 0 saturated heterocycles. The summed E-state index contributed by atoms with van der Waals surface area (Å²) < 4.78 is 0. The first-order valence-electron chi connectivity index (χ1n) is 6.91. The summed E-state index contributed by atoms with van der Waals surface area (Å²) >= 11 is 0. The first-order valence-corrected chi connectivity index (χ1v) is 6.91. The van der Waals surface area contributed by atoms with E-state index in [1.807, 2.05) is 0 Å². The second-order valence-corrected chi connectivity index (χ2v) is 6.69. The number of nitrogens with one attached hydrogen (secondary N) is 1. The zero-order valence-corrected chi connectivity index (χ0v) is 11.8. The standard InChI is InChI=1S/C16H25NO/c1-15(2,3)13-5-7-14(8-6-13)17-11-16(12-18)9-4-10-16/h5-8,17-18H,4,9-12H2,1-3H3. The second kappa shape index (κ2) is 4.93. The summed E-state index contributed by atoms with van der Waals surface area (Å²) in [6.07, 6.45) is 3.55. The SMILES string of the molecule is CC(C)(C)c1ccc(NCC2(CO)CCC2)cc1. The molecule has 1 aliphatic carbocycles. The molecule has 1 aromatic rings. The molecule has 2 N–H and O–H groups in total. The van der Waals surface area contributed by atoms with Crippen LogP contribution in [0.5, 0.6) is 0 Å². The molecule has 2 heteroatoms. The predicted molar refractivity (Wildman–Crippen MR) is 77.0 cm³/mol. The summed E-state index contributed by atoms with van der Waals surface area (Å²) in [5.74, 6) is 0. The predicted octanol–water partition coefficient (Wildman–Crippen LogP) is 3.56. The van der Waals surface area contributed by atoms with Gasteiger partial charge in [0.2, 0.25) is 0 Å². The quantitative estimate of drug-likeness (QED) is 0.852. The van der Waals surface area contributed by atoms with Crippen molar-refractivity contribution in [2.24, 2.45) is 5.41 Å². The highest BCUT2D eigenvalue weighted by Crippen LogP contribution is 2.40. The van der Waals surface area contributed by atoms with Gasteiger partial charge in [0.25, 0.3) is 0 Å². The molecular formula is C16H25NO. The maximum atomic E-state index is 9.43. The summed E-state index contributed by atoms with van der Waals surface area (Å²) in [5.41, 5.74) is 2.86. The van der Waals surface area contributed by atoms with Crippen molar-refractivity contribution >= 4 is 5.69 Å². The Hall–Kier alpha value is -1.02. The van der Waals surface area contributed by atoms with Gasteiger partial charge in [-0.3, -0.25) is 0 Å². The fraction of sp³-hybridized carbons (Fsp3) is 0.625. The Morgan fingerprint density at radius 1 is 1.17 bits per heavy atom. The fourth-order valence-electron chi connectivity index (χ4n) is 2.45. The first kappa shape index (κ1) is 13.4. The Bertz CT molecular complexity index is 379. The Kier molecular flexibility index (Phi) is 3.67. The highest BCUT2D eigenvalue weighted by atomic mass is 16.3. The molecule has 18 heavy (non-hydrogen) atoms. The molecule has 0 spiro atoms. The summed E-state index contributed by atoms with van der Waals surface area (Å²) in [5, 5.41) is 12.9. The molecule has 0 heterocycles. The Morgan fingerprint density at radius 3 is 2.17 bits per heavy atom.